The molecule has 174 valence electrons. The first kappa shape index (κ1) is 24.6. The van der Waals surface area contributed by atoms with Gasteiger partial charge in [0.1, 0.15) is 5.75 Å². The van der Waals surface area contributed by atoms with Crippen molar-refractivity contribution in [1.82, 2.24) is 9.80 Å². The van der Waals surface area contributed by atoms with Gasteiger partial charge in [0.15, 0.2) is 6.61 Å². The lowest BCUT2D eigenvalue weighted by Crippen LogP contribution is -2.49. The third-order valence-electron chi connectivity index (χ3n) is 6.14. The van der Waals surface area contributed by atoms with E-state index in [1.807, 2.05) is 17.0 Å². The number of amides is 1. The zero-order valence-electron chi connectivity index (χ0n) is 19.6. The van der Waals surface area contributed by atoms with E-state index in [0.29, 0.717) is 0 Å². The van der Waals surface area contributed by atoms with Crippen molar-refractivity contribution in [2.75, 3.05) is 32.8 Å². The van der Waals surface area contributed by atoms with E-state index >= 15 is 0 Å². The number of unbranched alkanes of at least 4 members (excludes halogenated alkanes) is 2. The fraction of sp³-hybridized carbons (Fsp3) is 0.519. The second-order valence-electron chi connectivity index (χ2n) is 8.72. The van der Waals surface area contributed by atoms with E-state index in [9.17, 15) is 4.79 Å². The van der Waals surface area contributed by atoms with Crippen LogP contribution in [0.2, 0.25) is 5.02 Å². The molecule has 1 aliphatic heterocycles. The molecule has 1 aliphatic rings. The number of rotatable bonds is 11. The maximum Gasteiger partial charge on any atom is 0.260 e. The number of hydrogen-bond acceptors (Lipinski definition) is 3. The van der Waals surface area contributed by atoms with Gasteiger partial charge in [-0.3, -0.25) is 9.69 Å². The normalized spacial score (nSPS) is 14.5. The molecule has 4 nitrogen and oxygen atoms in total. The van der Waals surface area contributed by atoms with Gasteiger partial charge in [-0.05, 0) is 60.6 Å². The number of halogens is 1. The Balaban J connectivity index is 1.49. The summed E-state index contributed by atoms with van der Waals surface area (Å²) in [7, 11) is 0. The summed E-state index contributed by atoms with van der Waals surface area (Å²) in [5, 5.41) is 0.762. The van der Waals surface area contributed by atoms with E-state index in [4.69, 9.17) is 16.3 Å². The molecule has 3 rings (SSSR count). The molecule has 0 spiro atoms. The van der Waals surface area contributed by atoms with Crippen LogP contribution in [0.1, 0.15) is 56.2 Å². The predicted molar refractivity (Wildman–Crippen MR) is 132 cm³/mol. The lowest BCUT2D eigenvalue weighted by atomic mass is 10.0. The van der Waals surface area contributed by atoms with Gasteiger partial charge in [0.2, 0.25) is 0 Å². The highest BCUT2D eigenvalue weighted by atomic mass is 35.5. The van der Waals surface area contributed by atoms with Crippen molar-refractivity contribution in [1.29, 1.82) is 0 Å². The maximum atomic E-state index is 12.8. The molecule has 0 bridgehead atoms. The first-order chi connectivity index (χ1) is 15.6. The number of carbonyl (C=O) groups is 1. The number of aryl methyl sites for hydroxylation is 2. The fourth-order valence-corrected chi connectivity index (χ4v) is 4.23. The van der Waals surface area contributed by atoms with Crippen LogP contribution in [0.4, 0.5) is 0 Å². The van der Waals surface area contributed by atoms with Crippen LogP contribution < -0.4 is 4.74 Å². The molecule has 0 atom stereocenters. The molecule has 2 aromatic rings. The summed E-state index contributed by atoms with van der Waals surface area (Å²) >= 11 is 5.98. The average Bonchev–Trinajstić information content (AvgIpc) is 2.82. The molecule has 0 aliphatic carbocycles. The van der Waals surface area contributed by atoms with Crippen LogP contribution in [0.5, 0.6) is 5.75 Å². The maximum absolute atomic E-state index is 12.8. The Labute approximate surface area is 198 Å². The Hall–Kier alpha value is -2.04. The van der Waals surface area contributed by atoms with Gasteiger partial charge in [-0.15, -0.1) is 0 Å². The van der Waals surface area contributed by atoms with E-state index in [2.05, 4.69) is 49.1 Å². The molecule has 2 aromatic carbocycles. The Morgan fingerprint density at radius 1 is 0.906 bits per heavy atom. The van der Waals surface area contributed by atoms with Gasteiger partial charge in [0, 0.05) is 37.7 Å². The summed E-state index contributed by atoms with van der Waals surface area (Å²) in [5.74, 6) is 0.945. The molecule has 1 amide bonds. The second kappa shape index (κ2) is 12.9. The minimum atomic E-state index is 0.0765. The Morgan fingerprint density at radius 2 is 1.56 bits per heavy atom. The first-order valence-electron chi connectivity index (χ1n) is 12.1. The van der Waals surface area contributed by atoms with Crippen molar-refractivity contribution in [2.24, 2.45) is 0 Å². The molecule has 0 saturated carbocycles. The Morgan fingerprint density at radius 3 is 2.25 bits per heavy atom. The van der Waals surface area contributed by atoms with Gasteiger partial charge < -0.3 is 9.64 Å². The SMILES string of the molecule is CCCCc1ccc(OCC(=O)N2CCN(Cc3ccc(Cl)cc3)CC2)c(CCCC)c1. The van der Waals surface area contributed by atoms with Crippen molar-refractivity contribution in [3.8, 4) is 5.75 Å². The van der Waals surface area contributed by atoms with Crippen LogP contribution in [-0.2, 0) is 24.2 Å². The molecular weight excluding hydrogens is 420 g/mol. The van der Waals surface area contributed by atoms with Gasteiger partial charge in [-0.25, -0.2) is 0 Å². The summed E-state index contributed by atoms with van der Waals surface area (Å²) in [6.07, 6.45) is 6.80. The molecule has 32 heavy (non-hydrogen) atoms. The molecule has 0 aromatic heterocycles. The lowest BCUT2D eigenvalue weighted by Gasteiger charge is -2.34. The highest BCUT2D eigenvalue weighted by Gasteiger charge is 2.21. The van der Waals surface area contributed by atoms with E-state index in [1.54, 1.807) is 0 Å². The third-order valence-corrected chi connectivity index (χ3v) is 6.39. The lowest BCUT2D eigenvalue weighted by molar-refractivity contribution is -0.135. The predicted octanol–water partition coefficient (Wildman–Crippen LogP) is 5.75. The summed E-state index contributed by atoms with van der Waals surface area (Å²) in [5.41, 5.74) is 3.86. The van der Waals surface area contributed by atoms with E-state index < -0.39 is 0 Å². The zero-order valence-corrected chi connectivity index (χ0v) is 20.4. The smallest absolute Gasteiger partial charge is 0.260 e. The van der Waals surface area contributed by atoms with Crippen LogP contribution >= 0.6 is 11.6 Å². The molecule has 0 N–H and O–H groups in total. The molecule has 1 saturated heterocycles. The minimum absolute atomic E-state index is 0.0765. The van der Waals surface area contributed by atoms with Crippen molar-refractivity contribution in [2.45, 2.75) is 58.9 Å². The largest absolute Gasteiger partial charge is 0.483 e. The van der Waals surface area contributed by atoms with Crippen molar-refractivity contribution in [3.63, 3.8) is 0 Å². The van der Waals surface area contributed by atoms with Gasteiger partial charge in [-0.1, -0.05) is 62.6 Å². The van der Waals surface area contributed by atoms with Crippen LogP contribution in [0.3, 0.4) is 0 Å². The summed E-state index contributed by atoms with van der Waals surface area (Å²) < 4.78 is 6.03. The molecule has 1 fully saturated rings. The summed E-state index contributed by atoms with van der Waals surface area (Å²) in [6.45, 7) is 8.68. The number of ether oxygens (including phenoxy) is 1. The zero-order chi connectivity index (χ0) is 22.8. The standard InChI is InChI=1S/C27H37ClN2O2/c1-3-5-7-22-11-14-26(24(19-22)8-6-4-2)32-21-27(31)30-17-15-29(16-18-30)20-23-9-12-25(28)13-10-23/h9-14,19H,3-8,15-18,20-21H2,1-2H3. The van der Waals surface area contributed by atoms with E-state index in [1.165, 1.54) is 29.5 Å². The van der Waals surface area contributed by atoms with E-state index in [-0.39, 0.29) is 12.5 Å². The quantitative estimate of drug-likeness (QED) is 0.431. The Kier molecular flexibility index (Phi) is 9.89. The summed E-state index contributed by atoms with van der Waals surface area (Å²) in [4.78, 5) is 17.1. The monoisotopic (exact) mass is 456 g/mol. The van der Waals surface area contributed by atoms with Gasteiger partial charge in [0.05, 0.1) is 0 Å². The van der Waals surface area contributed by atoms with Crippen LogP contribution in [0.25, 0.3) is 0 Å². The van der Waals surface area contributed by atoms with Crippen LogP contribution in [0, 0.1) is 0 Å². The molecule has 0 radical (unpaired) electrons. The molecule has 5 heteroatoms. The van der Waals surface area contributed by atoms with Gasteiger partial charge >= 0.3 is 0 Å². The van der Waals surface area contributed by atoms with Crippen molar-refractivity contribution in [3.05, 3.63) is 64.2 Å². The van der Waals surface area contributed by atoms with Gasteiger partial charge in [0.25, 0.3) is 5.91 Å². The minimum Gasteiger partial charge on any atom is -0.483 e. The molecule has 0 unspecified atom stereocenters. The van der Waals surface area contributed by atoms with E-state index in [0.717, 1.165) is 69.2 Å². The van der Waals surface area contributed by atoms with Crippen molar-refractivity contribution < 1.29 is 9.53 Å². The van der Waals surface area contributed by atoms with Crippen molar-refractivity contribution >= 4 is 17.5 Å². The number of piperazine rings is 1. The second-order valence-corrected chi connectivity index (χ2v) is 9.16. The number of hydrogen-bond donors (Lipinski definition) is 0. The topological polar surface area (TPSA) is 32.8 Å². The third kappa shape index (κ3) is 7.53. The highest BCUT2D eigenvalue weighted by Crippen LogP contribution is 2.24. The number of carbonyl (C=O) groups excluding carboxylic acids is 1. The first-order valence-corrected chi connectivity index (χ1v) is 12.5. The van der Waals surface area contributed by atoms with Gasteiger partial charge in [-0.2, -0.15) is 0 Å². The number of benzene rings is 2. The average molecular weight is 457 g/mol. The summed E-state index contributed by atoms with van der Waals surface area (Å²) in [6, 6.07) is 14.5. The molecular formula is C27H37ClN2O2. The fourth-order valence-electron chi connectivity index (χ4n) is 4.11. The number of nitrogens with zero attached hydrogens (tertiary/aromatic N) is 2. The molecule has 1 heterocycles. The Bertz CT molecular complexity index is 845. The highest BCUT2D eigenvalue weighted by molar-refractivity contribution is 6.30. The van der Waals surface area contributed by atoms with Crippen LogP contribution in [-0.4, -0.2) is 48.5 Å². The van der Waals surface area contributed by atoms with Crippen LogP contribution in [0.15, 0.2) is 42.5 Å².